The Morgan fingerprint density at radius 2 is 1.94 bits per heavy atom. The molecule has 3 aromatic heterocycles. The number of amides is 2. The van der Waals surface area contributed by atoms with Crippen LogP contribution in [0.1, 0.15) is 86.3 Å². The van der Waals surface area contributed by atoms with Gasteiger partial charge in [0, 0.05) is 63.5 Å². The van der Waals surface area contributed by atoms with Gasteiger partial charge in [0.2, 0.25) is 11.8 Å². The monoisotopic (exact) mass is 679 g/mol. The normalized spacial score (nSPS) is 27.9. The molecule has 5 aliphatic rings. The molecule has 0 spiro atoms. The Morgan fingerprint density at radius 3 is 2.62 bits per heavy atom. The fourth-order valence-electron chi connectivity index (χ4n) is 7.54. The molecular formula is C31H38F5N9O3. The van der Waals surface area contributed by atoms with Gasteiger partial charge in [-0.05, 0) is 45.1 Å². The molecule has 4 aliphatic heterocycles. The van der Waals surface area contributed by atoms with Crippen LogP contribution in [0.25, 0.3) is 5.78 Å². The van der Waals surface area contributed by atoms with E-state index in [1.807, 2.05) is 18.7 Å². The van der Waals surface area contributed by atoms with Crippen LogP contribution in [0.3, 0.4) is 0 Å². The molecule has 2 amide bonds. The Bertz CT molecular complexity index is 1680. The third kappa shape index (κ3) is 6.44. The third-order valence-electron chi connectivity index (χ3n) is 9.95. The second-order valence-corrected chi connectivity index (χ2v) is 13.9. The van der Waals surface area contributed by atoms with Crippen molar-refractivity contribution in [3.8, 4) is 0 Å². The molecule has 5 fully saturated rings. The van der Waals surface area contributed by atoms with Gasteiger partial charge in [0.05, 0.1) is 36.1 Å². The van der Waals surface area contributed by atoms with E-state index in [2.05, 4.69) is 20.7 Å². The Labute approximate surface area is 272 Å². The molecule has 260 valence electrons. The lowest BCUT2D eigenvalue weighted by molar-refractivity contribution is -0.183. The number of fused-ring (bicyclic) bond motifs is 3. The number of halogens is 5. The molecule has 3 aromatic rings. The molecule has 2 N–H and O–H groups in total. The van der Waals surface area contributed by atoms with Crippen molar-refractivity contribution in [2.45, 2.75) is 95.2 Å². The highest BCUT2D eigenvalue weighted by molar-refractivity contribution is 5.92. The van der Waals surface area contributed by atoms with Gasteiger partial charge in [-0.1, -0.05) is 0 Å². The average Bonchev–Trinajstić information content (AvgIpc) is 3.67. The number of piperidine rings is 2. The van der Waals surface area contributed by atoms with E-state index in [4.69, 9.17) is 14.8 Å². The van der Waals surface area contributed by atoms with Crippen LogP contribution in [-0.4, -0.2) is 85.1 Å². The largest absolute Gasteiger partial charge is 0.393 e. The Hall–Kier alpha value is -3.89. The van der Waals surface area contributed by atoms with Crippen LogP contribution >= 0.6 is 0 Å². The molecule has 48 heavy (non-hydrogen) atoms. The predicted molar refractivity (Wildman–Crippen MR) is 160 cm³/mol. The highest BCUT2D eigenvalue weighted by atomic mass is 19.4. The maximum Gasteiger partial charge on any atom is 0.393 e. The number of rotatable bonds is 8. The van der Waals surface area contributed by atoms with Crippen LogP contribution in [0, 0.1) is 17.8 Å². The molecule has 0 radical (unpaired) electrons. The summed E-state index contributed by atoms with van der Waals surface area (Å²) in [6.07, 6.45) is -1.06. The fourth-order valence-corrected chi connectivity index (χ4v) is 7.54. The molecule has 17 heteroatoms. The van der Waals surface area contributed by atoms with Crippen LogP contribution in [-0.2, 0) is 16.0 Å². The Morgan fingerprint density at radius 1 is 1.19 bits per heavy atom. The van der Waals surface area contributed by atoms with E-state index in [-0.39, 0.29) is 61.1 Å². The van der Waals surface area contributed by atoms with E-state index in [9.17, 15) is 31.5 Å². The standard InChI is InChI=1S/C31H38F5N9O3/c1-16(2)45-24(5-7-38-45)28(47)40-25(17-4-3-6-30(32,33)11-17)23-15-44-29(39-23)41-26(43-13-20-10-21(14-43)48-20)22(42-44)9-18-8-19(31(34,35)36)12-37-27(18)46/h5,7,15-21,25H,3-4,6,8-14H2,1-2H3,(H,37,46)(H,40,47)/t17-,18?,19+,20?,21?,25-/m0/s1. The van der Waals surface area contributed by atoms with Gasteiger partial charge in [0.15, 0.2) is 5.82 Å². The number of carbonyl (C=O) groups excluding carboxylic acids is 2. The number of morpholine rings is 1. The molecular weight excluding hydrogens is 641 g/mol. The first-order valence-corrected chi connectivity index (χ1v) is 16.5. The second-order valence-electron chi connectivity index (χ2n) is 13.9. The number of anilines is 1. The maximum atomic E-state index is 14.7. The molecule has 3 unspecified atom stereocenters. The minimum Gasteiger partial charge on any atom is -0.371 e. The summed E-state index contributed by atoms with van der Waals surface area (Å²) in [5.74, 6) is -6.67. The number of nitrogens with zero attached hydrogens (tertiary/aromatic N) is 7. The highest BCUT2D eigenvalue weighted by Crippen LogP contribution is 2.42. The molecule has 4 saturated heterocycles. The molecule has 1 saturated carbocycles. The molecule has 0 aromatic carbocycles. The van der Waals surface area contributed by atoms with Gasteiger partial charge in [-0.2, -0.15) is 28.4 Å². The minimum atomic E-state index is -4.46. The summed E-state index contributed by atoms with van der Waals surface area (Å²) < 4.78 is 79.0. The number of imidazole rings is 1. The predicted octanol–water partition coefficient (Wildman–Crippen LogP) is 4.03. The first-order chi connectivity index (χ1) is 22.7. The fraction of sp³-hybridized carbons (Fsp3) is 0.677. The van der Waals surface area contributed by atoms with Gasteiger partial charge >= 0.3 is 6.18 Å². The minimum absolute atomic E-state index is 0.0237. The Balaban J connectivity index is 1.25. The molecule has 1 aliphatic carbocycles. The van der Waals surface area contributed by atoms with E-state index in [0.29, 0.717) is 31.0 Å². The van der Waals surface area contributed by atoms with E-state index in [1.54, 1.807) is 10.7 Å². The smallest absolute Gasteiger partial charge is 0.371 e. The summed E-state index contributed by atoms with van der Waals surface area (Å²) in [6, 6.07) is 0.523. The van der Waals surface area contributed by atoms with Gasteiger partial charge in [-0.25, -0.2) is 18.3 Å². The van der Waals surface area contributed by atoms with Crippen molar-refractivity contribution < 1.29 is 36.3 Å². The first kappa shape index (κ1) is 32.6. The van der Waals surface area contributed by atoms with E-state index in [0.717, 1.165) is 6.42 Å². The van der Waals surface area contributed by atoms with Crippen molar-refractivity contribution in [1.29, 1.82) is 0 Å². The summed E-state index contributed by atoms with van der Waals surface area (Å²) in [6.45, 7) is 4.25. The zero-order valence-electron chi connectivity index (χ0n) is 26.6. The average molecular weight is 680 g/mol. The van der Waals surface area contributed by atoms with Crippen LogP contribution in [0.2, 0.25) is 0 Å². The zero-order chi connectivity index (χ0) is 34.0. The van der Waals surface area contributed by atoms with Gasteiger partial charge in [-0.15, -0.1) is 0 Å². The van der Waals surface area contributed by atoms with Crippen LogP contribution in [0.5, 0.6) is 0 Å². The number of nitrogens with one attached hydrogen (secondary N) is 2. The number of hydrogen-bond acceptors (Lipinski definition) is 8. The van der Waals surface area contributed by atoms with Gasteiger partial charge in [0.25, 0.3) is 11.7 Å². The van der Waals surface area contributed by atoms with E-state index < -0.39 is 60.7 Å². The molecule has 12 nitrogen and oxygen atoms in total. The van der Waals surface area contributed by atoms with Gasteiger partial charge in [0.1, 0.15) is 11.4 Å². The third-order valence-corrected chi connectivity index (χ3v) is 9.95. The van der Waals surface area contributed by atoms with Crippen LogP contribution < -0.4 is 15.5 Å². The van der Waals surface area contributed by atoms with Crippen molar-refractivity contribution in [3.05, 3.63) is 35.5 Å². The van der Waals surface area contributed by atoms with Gasteiger partial charge in [-0.3, -0.25) is 14.3 Å². The van der Waals surface area contributed by atoms with Crippen molar-refractivity contribution in [2.75, 3.05) is 24.5 Å². The lowest BCUT2D eigenvalue weighted by atomic mass is 9.80. The second kappa shape index (κ2) is 12.2. The van der Waals surface area contributed by atoms with Crippen molar-refractivity contribution in [2.24, 2.45) is 17.8 Å². The van der Waals surface area contributed by atoms with E-state index >= 15 is 0 Å². The number of hydrogen-bond donors (Lipinski definition) is 2. The lowest BCUT2D eigenvalue weighted by Crippen LogP contribution is -2.57. The quantitative estimate of drug-likeness (QED) is 0.342. The molecule has 2 bridgehead atoms. The number of alkyl halides is 5. The van der Waals surface area contributed by atoms with Crippen LogP contribution in [0.15, 0.2) is 18.5 Å². The van der Waals surface area contributed by atoms with Crippen molar-refractivity contribution >= 4 is 23.4 Å². The highest BCUT2D eigenvalue weighted by Gasteiger charge is 2.46. The molecule has 8 rings (SSSR count). The topological polar surface area (TPSA) is 132 Å². The summed E-state index contributed by atoms with van der Waals surface area (Å²) in [7, 11) is 0. The number of carbonyl (C=O) groups is 2. The first-order valence-electron chi connectivity index (χ1n) is 16.5. The van der Waals surface area contributed by atoms with Gasteiger partial charge < -0.3 is 20.3 Å². The summed E-state index contributed by atoms with van der Waals surface area (Å²) >= 11 is 0. The maximum absolute atomic E-state index is 14.7. The summed E-state index contributed by atoms with van der Waals surface area (Å²) in [5, 5.41) is 14.3. The summed E-state index contributed by atoms with van der Waals surface area (Å²) in [4.78, 5) is 37.8. The zero-order valence-corrected chi connectivity index (χ0v) is 26.6. The number of ether oxygens (including phenoxy) is 1. The van der Waals surface area contributed by atoms with Crippen LogP contribution in [0.4, 0.5) is 27.8 Å². The van der Waals surface area contributed by atoms with Crippen molar-refractivity contribution in [1.82, 2.24) is 40.0 Å². The number of aromatic nitrogens is 6. The van der Waals surface area contributed by atoms with Crippen molar-refractivity contribution in [3.63, 3.8) is 0 Å². The Kier molecular flexibility index (Phi) is 8.31. The SMILES string of the molecule is CC(C)n1nccc1C(=O)N[C@H](c1cn2nc(CC3C[C@@H](C(F)(F)F)CNC3=O)c(N3CC4CC(C3)O4)nc2n1)[C@H]1CCCC(F)(F)C1. The van der Waals surface area contributed by atoms with E-state index in [1.165, 1.54) is 16.9 Å². The lowest BCUT2D eigenvalue weighted by Gasteiger charge is -2.47. The molecule has 6 atom stereocenters. The summed E-state index contributed by atoms with van der Waals surface area (Å²) in [5.41, 5.74) is 0.874. The molecule has 7 heterocycles.